The molecule has 1 saturated heterocycles. The minimum atomic E-state index is -0.0719. The molecule has 2 amide bonds. The molecule has 1 aliphatic carbocycles. The van der Waals surface area contributed by atoms with Crippen LogP contribution in [0.15, 0.2) is 0 Å². The van der Waals surface area contributed by atoms with Crippen molar-refractivity contribution in [3.63, 3.8) is 0 Å². The Hall–Kier alpha value is -0.850. The molecule has 6 heteroatoms. The maximum Gasteiger partial charge on any atom is 0.314 e. The third-order valence-corrected chi connectivity index (χ3v) is 5.68. The number of amides is 2. The highest BCUT2D eigenvalue weighted by Gasteiger charge is 2.36. The maximum absolute atomic E-state index is 11.9. The van der Waals surface area contributed by atoms with Crippen LogP contribution < -0.4 is 10.6 Å². The van der Waals surface area contributed by atoms with Crippen LogP contribution in [0, 0.1) is 5.41 Å². The molecule has 0 atom stereocenters. The number of nitrogens with zero attached hydrogens (tertiary/aromatic N) is 2. The standard InChI is InChI=1S/C17H34N4O2/c1-20(2)15-4-10-21(11-5-15)12-9-18-16(23)19-14-17(8-13-22)6-3-7-17/h15,22H,3-14H2,1-2H3,(H2,18,19,23). The number of carbonyl (C=O) groups excluding carboxylic acids is 1. The van der Waals surface area contributed by atoms with Gasteiger partial charge in [-0.1, -0.05) is 6.42 Å². The number of hydrogen-bond donors (Lipinski definition) is 3. The van der Waals surface area contributed by atoms with Gasteiger partial charge in [-0.25, -0.2) is 4.79 Å². The van der Waals surface area contributed by atoms with Crippen molar-refractivity contribution in [3.8, 4) is 0 Å². The molecule has 0 aromatic carbocycles. The number of aliphatic hydroxyl groups is 1. The van der Waals surface area contributed by atoms with Crippen LogP contribution in [0.25, 0.3) is 0 Å². The molecule has 0 aromatic rings. The minimum absolute atomic E-state index is 0.0719. The molecule has 2 fully saturated rings. The van der Waals surface area contributed by atoms with Crippen molar-refractivity contribution >= 4 is 6.03 Å². The molecule has 0 aromatic heterocycles. The average Bonchev–Trinajstić information content (AvgIpc) is 2.50. The van der Waals surface area contributed by atoms with E-state index in [1.54, 1.807) is 0 Å². The number of rotatable bonds is 8. The smallest absolute Gasteiger partial charge is 0.314 e. The van der Waals surface area contributed by atoms with E-state index in [1.807, 2.05) is 0 Å². The number of carbonyl (C=O) groups is 1. The SMILES string of the molecule is CN(C)C1CCN(CCNC(=O)NCC2(CCO)CCC2)CC1. The summed E-state index contributed by atoms with van der Waals surface area (Å²) in [5.41, 5.74) is 0.153. The molecule has 134 valence electrons. The van der Waals surface area contributed by atoms with Gasteiger partial charge in [0.25, 0.3) is 0 Å². The molecule has 2 rings (SSSR count). The molecule has 1 aliphatic heterocycles. The topological polar surface area (TPSA) is 67.8 Å². The zero-order valence-electron chi connectivity index (χ0n) is 14.8. The highest BCUT2D eigenvalue weighted by Crippen LogP contribution is 2.43. The van der Waals surface area contributed by atoms with E-state index >= 15 is 0 Å². The minimum Gasteiger partial charge on any atom is -0.396 e. The molecule has 1 heterocycles. The molecular weight excluding hydrogens is 292 g/mol. The summed E-state index contributed by atoms with van der Waals surface area (Å²) < 4.78 is 0. The summed E-state index contributed by atoms with van der Waals surface area (Å²) in [5, 5.41) is 15.1. The van der Waals surface area contributed by atoms with Gasteiger partial charge in [-0.2, -0.15) is 0 Å². The highest BCUT2D eigenvalue weighted by molar-refractivity contribution is 5.73. The quantitative estimate of drug-likeness (QED) is 0.619. The number of nitrogens with one attached hydrogen (secondary N) is 2. The van der Waals surface area contributed by atoms with Crippen LogP contribution in [-0.2, 0) is 0 Å². The lowest BCUT2D eigenvalue weighted by molar-refractivity contribution is 0.0884. The Kier molecular flexibility index (Phi) is 7.11. The Labute approximate surface area is 140 Å². The lowest BCUT2D eigenvalue weighted by Gasteiger charge is -2.41. The second-order valence-electron chi connectivity index (χ2n) is 7.47. The normalized spacial score (nSPS) is 21.9. The van der Waals surface area contributed by atoms with E-state index in [-0.39, 0.29) is 18.1 Å². The molecular formula is C17H34N4O2. The first-order valence-corrected chi connectivity index (χ1v) is 9.06. The van der Waals surface area contributed by atoms with Crippen molar-refractivity contribution in [2.75, 3.05) is 53.4 Å². The summed E-state index contributed by atoms with van der Waals surface area (Å²) in [6, 6.07) is 0.630. The molecule has 0 unspecified atom stereocenters. The number of likely N-dealkylation sites (tertiary alicyclic amines) is 1. The summed E-state index contributed by atoms with van der Waals surface area (Å²) in [5.74, 6) is 0. The van der Waals surface area contributed by atoms with Crippen LogP contribution >= 0.6 is 0 Å². The fraction of sp³-hybridized carbons (Fsp3) is 0.941. The molecule has 1 saturated carbocycles. The summed E-state index contributed by atoms with van der Waals surface area (Å²) in [6.07, 6.45) is 6.68. The summed E-state index contributed by atoms with van der Waals surface area (Å²) in [6.45, 7) is 4.76. The lowest BCUT2D eigenvalue weighted by Crippen LogP contribution is -2.48. The largest absolute Gasteiger partial charge is 0.396 e. The van der Waals surface area contributed by atoms with E-state index in [4.69, 9.17) is 5.11 Å². The Morgan fingerprint density at radius 3 is 2.48 bits per heavy atom. The molecule has 2 aliphatic rings. The van der Waals surface area contributed by atoms with E-state index in [9.17, 15) is 4.79 Å². The van der Waals surface area contributed by atoms with Gasteiger partial charge in [0.2, 0.25) is 0 Å². The molecule has 0 spiro atoms. The van der Waals surface area contributed by atoms with E-state index in [0.29, 0.717) is 19.1 Å². The van der Waals surface area contributed by atoms with Crippen LogP contribution in [0.1, 0.15) is 38.5 Å². The van der Waals surface area contributed by atoms with Crippen molar-refractivity contribution in [3.05, 3.63) is 0 Å². The van der Waals surface area contributed by atoms with Crippen LogP contribution in [0.2, 0.25) is 0 Å². The fourth-order valence-electron chi connectivity index (χ4n) is 3.75. The first-order chi connectivity index (χ1) is 11.0. The first-order valence-electron chi connectivity index (χ1n) is 9.06. The van der Waals surface area contributed by atoms with Crippen LogP contribution in [-0.4, -0.2) is 80.4 Å². The molecule has 0 radical (unpaired) electrons. The van der Waals surface area contributed by atoms with Gasteiger partial charge >= 0.3 is 6.03 Å². The van der Waals surface area contributed by atoms with Gasteiger partial charge in [-0.05, 0) is 64.7 Å². The number of urea groups is 1. The predicted octanol–water partition coefficient (Wildman–Crippen LogP) is 0.864. The number of piperidine rings is 1. The van der Waals surface area contributed by atoms with Gasteiger partial charge in [-0.3, -0.25) is 0 Å². The Balaban J connectivity index is 1.55. The van der Waals surface area contributed by atoms with Gasteiger partial charge in [-0.15, -0.1) is 0 Å². The van der Waals surface area contributed by atoms with Crippen molar-refractivity contribution in [1.29, 1.82) is 0 Å². The van der Waals surface area contributed by atoms with E-state index < -0.39 is 0 Å². The maximum atomic E-state index is 11.9. The molecule has 23 heavy (non-hydrogen) atoms. The molecule has 6 nitrogen and oxygen atoms in total. The van der Waals surface area contributed by atoms with Gasteiger partial charge in [0, 0.05) is 32.3 Å². The Morgan fingerprint density at radius 2 is 1.96 bits per heavy atom. The van der Waals surface area contributed by atoms with E-state index in [2.05, 4.69) is 34.5 Å². The van der Waals surface area contributed by atoms with Gasteiger partial charge < -0.3 is 25.5 Å². The fourth-order valence-corrected chi connectivity index (χ4v) is 3.75. The number of hydrogen-bond acceptors (Lipinski definition) is 4. The summed E-state index contributed by atoms with van der Waals surface area (Å²) in [4.78, 5) is 16.6. The molecule has 0 bridgehead atoms. The van der Waals surface area contributed by atoms with Crippen molar-refractivity contribution in [2.24, 2.45) is 5.41 Å². The van der Waals surface area contributed by atoms with Crippen LogP contribution in [0.5, 0.6) is 0 Å². The zero-order chi connectivity index (χ0) is 16.7. The van der Waals surface area contributed by atoms with Crippen molar-refractivity contribution in [1.82, 2.24) is 20.4 Å². The van der Waals surface area contributed by atoms with Gasteiger partial charge in [0.15, 0.2) is 0 Å². The Morgan fingerprint density at radius 1 is 1.26 bits per heavy atom. The monoisotopic (exact) mass is 326 g/mol. The summed E-state index contributed by atoms with van der Waals surface area (Å²) in [7, 11) is 4.30. The van der Waals surface area contributed by atoms with Crippen molar-refractivity contribution < 1.29 is 9.90 Å². The zero-order valence-corrected chi connectivity index (χ0v) is 14.8. The summed E-state index contributed by atoms with van der Waals surface area (Å²) >= 11 is 0. The highest BCUT2D eigenvalue weighted by atomic mass is 16.3. The number of aliphatic hydroxyl groups excluding tert-OH is 1. The Bertz CT molecular complexity index is 364. The van der Waals surface area contributed by atoms with E-state index in [0.717, 1.165) is 38.9 Å². The van der Waals surface area contributed by atoms with Gasteiger partial charge in [0.05, 0.1) is 0 Å². The van der Waals surface area contributed by atoms with Crippen molar-refractivity contribution in [2.45, 2.75) is 44.6 Å². The second kappa shape index (κ2) is 8.85. The van der Waals surface area contributed by atoms with Crippen LogP contribution in [0.3, 0.4) is 0 Å². The van der Waals surface area contributed by atoms with Gasteiger partial charge in [0.1, 0.15) is 0 Å². The lowest BCUT2D eigenvalue weighted by atomic mass is 9.67. The third kappa shape index (κ3) is 5.62. The third-order valence-electron chi connectivity index (χ3n) is 5.68. The van der Waals surface area contributed by atoms with Crippen LogP contribution in [0.4, 0.5) is 4.79 Å². The first kappa shape index (κ1) is 18.5. The average molecular weight is 326 g/mol. The van der Waals surface area contributed by atoms with E-state index in [1.165, 1.54) is 19.3 Å². The molecule has 3 N–H and O–H groups in total. The predicted molar refractivity (Wildman–Crippen MR) is 92.5 cm³/mol. The second-order valence-corrected chi connectivity index (χ2v) is 7.47.